The molecule has 2 rings (SSSR count). The van der Waals surface area contributed by atoms with Crippen LogP contribution in [0.2, 0.25) is 0 Å². The number of likely N-dealkylation sites (N-methyl/N-ethyl adjacent to an activating group) is 1. The molecule has 2 unspecified atom stereocenters. The Morgan fingerprint density at radius 1 is 1.67 bits per heavy atom. The van der Waals surface area contributed by atoms with Crippen LogP contribution in [-0.4, -0.2) is 24.3 Å². The third kappa shape index (κ3) is 1.02. The van der Waals surface area contributed by atoms with E-state index in [9.17, 15) is 4.39 Å². The first-order valence-corrected chi connectivity index (χ1v) is 4.50. The van der Waals surface area contributed by atoms with Crippen molar-refractivity contribution in [1.82, 2.24) is 5.01 Å². The molecular formula is C8H8BrFN2. The first-order chi connectivity index (χ1) is 5.70. The molecule has 4 heteroatoms. The summed E-state index contributed by atoms with van der Waals surface area (Å²) in [4.78, 5) is 0. The average Bonchev–Trinajstić information content (AvgIpc) is 2.41. The first kappa shape index (κ1) is 7.98. The van der Waals surface area contributed by atoms with E-state index in [1.165, 1.54) is 0 Å². The second-order valence-corrected chi connectivity index (χ2v) is 3.76. The zero-order valence-corrected chi connectivity index (χ0v) is 8.12. The van der Waals surface area contributed by atoms with E-state index in [2.05, 4.69) is 21.0 Å². The van der Waals surface area contributed by atoms with Crippen LogP contribution in [0.1, 0.15) is 0 Å². The fourth-order valence-corrected chi connectivity index (χ4v) is 1.87. The molecule has 0 radical (unpaired) electrons. The molecule has 0 spiro atoms. The molecule has 1 aliphatic carbocycles. The maximum atomic E-state index is 13.4. The summed E-state index contributed by atoms with van der Waals surface area (Å²) in [6.45, 7) is 0. The van der Waals surface area contributed by atoms with Gasteiger partial charge in [-0.05, 0) is 22.0 Å². The maximum Gasteiger partial charge on any atom is 0.125 e. The summed E-state index contributed by atoms with van der Waals surface area (Å²) in [6.07, 6.45) is 5.33. The lowest BCUT2D eigenvalue weighted by molar-refractivity contribution is 0.288. The monoisotopic (exact) mass is 230 g/mol. The van der Waals surface area contributed by atoms with Crippen LogP contribution in [-0.2, 0) is 0 Å². The van der Waals surface area contributed by atoms with Crippen molar-refractivity contribution in [3.8, 4) is 0 Å². The van der Waals surface area contributed by atoms with Crippen LogP contribution in [0.3, 0.4) is 0 Å². The van der Waals surface area contributed by atoms with Crippen molar-refractivity contribution < 1.29 is 4.39 Å². The van der Waals surface area contributed by atoms with E-state index in [0.29, 0.717) is 4.48 Å². The number of nitrogens with zero attached hydrogens (tertiary/aromatic N) is 2. The van der Waals surface area contributed by atoms with Gasteiger partial charge in [-0.15, -0.1) is 0 Å². The number of fused-ring (bicyclic) bond motifs is 1. The molecule has 0 aromatic heterocycles. The predicted molar refractivity (Wildman–Crippen MR) is 49.7 cm³/mol. The van der Waals surface area contributed by atoms with E-state index < -0.39 is 0 Å². The molecule has 0 aromatic rings. The molecule has 0 saturated carbocycles. The Balaban J connectivity index is 2.35. The maximum absolute atomic E-state index is 13.4. The van der Waals surface area contributed by atoms with Crippen LogP contribution in [0.25, 0.3) is 0 Å². The minimum absolute atomic E-state index is 0.0614. The highest BCUT2D eigenvalue weighted by Crippen LogP contribution is 2.33. The summed E-state index contributed by atoms with van der Waals surface area (Å²) in [5.41, 5.74) is 0. The largest absolute Gasteiger partial charge is 0.292 e. The van der Waals surface area contributed by atoms with Gasteiger partial charge in [0.1, 0.15) is 5.83 Å². The van der Waals surface area contributed by atoms with Crippen molar-refractivity contribution in [3.63, 3.8) is 0 Å². The number of allylic oxidation sites excluding steroid dienone is 2. The molecule has 12 heavy (non-hydrogen) atoms. The lowest BCUT2D eigenvalue weighted by atomic mass is 9.96. The van der Waals surface area contributed by atoms with E-state index in [1.807, 2.05) is 13.1 Å². The van der Waals surface area contributed by atoms with Crippen LogP contribution in [0.4, 0.5) is 4.39 Å². The van der Waals surface area contributed by atoms with E-state index in [4.69, 9.17) is 0 Å². The zero-order valence-electron chi connectivity index (χ0n) is 6.54. The number of hydrogen-bond acceptors (Lipinski definition) is 2. The van der Waals surface area contributed by atoms with Crippen LogP contribution in [0.5, 0.6) is 0 Å². The number of rotatable bonds is 0. The normalized spacial score (nSPS) is 33.1. The Hall–Kier alpha value is -0.640. The third-order valence-electron chi connectivity index (χ3n) is 2.17. The molecule has 0 amide bonds. The van der Waals surface area contributed by atoms with Gasteiger partial charge in [0.25, 0.3) is 0 Å². The lowest BCUT2D eigenvalue weighted by Gasteiger charge is -2.23. The fraction of sp³-hybridized carbons (Fsp3) is 0.375. The van der Waals surface area contributed by atoms with Gasteiger partial charge in [0.05, 0.1) is 12.0 Å². The van der Waals surface area contributed by atoms with E-state index in [0.717, 1.165) is 0 Å². The fourth-order valence-electron chi connectivity index (χ4n) is 1.46. The Kier molecular flexibility index (Phi) is 1.79. The summed E-state index contributed by atoms with van der Waals surface area (Å²) in [7, 11) is 1.85. The molecule has 0 saturated heterocycles. The highest BCUT2D eigenvalue weighted by atomic mass is 79.9. The quantitative estimate of drug-likeness (QED) is 0.622. The van der Waals surface area contributed by atoms with E-state index in [1.54, 1.807) is 17.3 Å². The van der Waals surface area contributed by atoms with Crippen LogP contribution < -0.4 is 0 Å². The predicted octanol–water partition coefficient (Wildman–Crippen LogP) is 2.05. The molecule has 2 aliphatic rings. The van der Waals surface area contributed by atoms with Crippen molar-refractivity contribution >= 4 is 22.1 Å². The van der Waals surface area contributed by atoms with Crippen molar-refractivity contribution in [2.75, 3.05) is 7.05 Å². The Morgan fingerprint density at radius 3 is 3.17 bits per heavy atom. The lowest BCUT2D eigenvalue weighted by Crippen LogP contribution is -2.29. The number of halogens is 2. The average molecular weight is 231 g/mol. The molecular weight excluding hydrogens is 223 g/mol. The minimum atomic E-state index is -0.200. The summed E-state index contributed by atoms with van der Waals surface area (Å²) in [5, 5.41) is 5.79. The molecule has 0 N–H and O–H groups in total. The van der Waals surface area contributed by atoms with E-state index in [-0.39, 0.29) is 17.8 Å². The smallest absolute Gasteiger partial charge is 0.125 e. The Morgan fingerprint density at radius 2 is 2.42 bits per heavy atom. The van der Waals surface area contributed by atoms with Crippen molar-refractivity contribution in [1.29, 1.82) is 0 Å². The first-order valence-electron chi connectivity index (χ1n) is 3.70. The van der Waals surface area contributed by atoms with Crippen LogP contribution in [0, 0.1) is 5.92 Å². The molecule has 2 nitrogen and oxygen atoms in total. The summed E-state index contributed by atoms with van der Waals surface area (Å²) < 4.78 is 13.9. The van der Waals surface area contributed by atoms with Gasteiger partial charge in [0.2, 0.25) is 0 Å². The topological polar surface area (TPSA) is 15.6 Å². The highest BCUT2D eigenvalue weighted by molar-refractivity contribution is 9.11. The van der Waals surface area contributed by atoms with Gasteiger partial charge in [0.15, 0.2) is 0 Å². The molecule has 0 bridgehead atoms. The summed E-state index contributed by atoms with van der Waals surface area (Å²) in [6, 6.07) is 0.0614. The van der Waals surface area contributed by atoms with E-state index >= 15 is 0 Å². The van der Waals surface area contributed by atoms with Gasteiger partial charge in [0, 0.05) is 17.7 Å². The van der Waals surface area contributed by atoms with Crippen LogP contribution in [0.15, 0.2) is 27.6 Å². The van der Waals surface area contributed by atoms with Crippen LogP contribution >= 0.6 is 15.9 Å². The Bertz CT molecular complexity index is 295. The van der Waals surface area contributed by atoms with Gasteiger partial charge in [-0.1, -0.05) is 6.08 Å². The van der Waals surface area contributed by atoms with Crippen molar-refractivity contribution in [3.05, 3.63) is 22.5 Å². The molecule has 0 aromatic carbocycles. The van der Waals surface area contributed by atoms with Gasteiger partial charge in [-0.2, -0.15) is 5.10 Å². The standard InChI is InChI=1S/C8H8BrFN2/c1-12-7-3-2-6(9)8(10)5(7)4-11-12/h2-5,7H,1H3. The number of hydrogen-bond donors (Lipinski definition) is 0. The summed E-state index contributed by atoms with van der Waals surface area (Å²) >= 11 is 3.15. The molecule has 1 heterocycles. The third-order valence-corrected chi connectivity index (χ3v) is 2.81. The number of hydrazone groups is 1. The van der Waals surface area contributed by atoms with Gasteiger partial charge < -0.3 is 0 Å². The molecule has 0 fully saturated rings. The highest BCUT2D eigenvalue weighted by Gasteiger charge is 2.33. The zero-order chi connectivity index (χ0) is 8.72. The van der Waals surface area contributed by atoms with Gasteiger partial charge in [-0.3, -0.25) is 5.01 Å². The second-order valence-electron chi connectivity index (χ2n) is 2.91. The van der Waals surface area contributed by atoms with Crippen molar-refractivity contribution in [2.45, 2.75) is 6.04 Å². The minimum Gasteiger partial charge on any atom is -0.292 e. The SMILES string of the molecule is CN1N=CC2C(F)=C(Br)C=CC21. The Labute approximate surface area is 78.6 Å². The second kappa shape index (κ2) is 2.69. The van der Waals surface area contributed by atoms with Gasteiger partial charge in [-0.25, -0.2) is 4.39 Å². The van der Waals surface area contributed by atoms with Gasteiger partial charge >= 0.3 is 0 Å². The van der Waals surface area contributed by atoms with Crippen molar-refractivity contribution in [2.24, 2.45) is 11.0 Å². The molecule has 1 aliphatic heterocycles. The molecule has 2 atom stereocenters. The summed E-state index contributed by atoms with van der Waals surface area (Å²) in [5.74, 6) is -0.329. The molecule has 64 valence electrons.